The van der Waals surface area contributed by atoms with Gasteiger partial charge in [0.2, 0.25) is 5.95 Å². The Bertz CT molecular complexity index is 1110. The van der Waals surface area contributed by atoms with E-state index in [4.69, 9.17) is 9.72 Å². The molecule has 0 saturated heterocycles. The van der Waals surface area contributed by atoms with Gasteiger partial charge in [-0.05, 0) is 74.6 Å². The van der Waals surface area contributed by atoms with Crippen LogP contribution in [0.4, 0.5) is 8.78 Å². The van der Waals surface area contributed by atoms with E-state index in [0.29, 0.717) is 11.3 Å². The normalized spacial score (nSPS) is 18.7. The zero-order valence-electron chi connectivity index (χ0n) is 16.8. The highest BCUT2D eigenvalue weighted by Gasteiger charge is 2.47. The quantitative estimate of drug-likeness (QED) is 0.610. The molecule has 1 N–H and O–H groups in total. The monoisotopic (exact) mass is 421 g/mol. The molecule has 1 amide bonds. The minimum atomic E-state index is -0.542. The molecule has 2 aliphatic carbocycles. The summed E-state index contributed by atoms with van der Waals surface area (Å²) in [5.41, 5.74) is 2.76. The first-order chi connectivity index (χ1) is 15.0. The summed E-state index contributed by atoms with van der Waals surface area (Å²) >= 11 is 0. The third-order valence-corrected chi connectivity index (χ3v) is 5.91. The molecular weight excluding hydrogens is 400 g/mol. The lowest BCUT2D eigenvalue weighted by molar-refractivity contribution is 0.0929. The molecule has 0 aliphatic heterocycles. The Balaban J connectivity index is 1.35. The van der Waals surface area contributed by atoms with Crippen molar-refractivity contribution in [1.82, 2.24) is 15.3 Å². The smallest absolute Gasteiger partial charge is 0.252 e. The third kappa shape index (κ3) is 4.00. The number of carbonyl (C=O) groups is 1. The molecule has 5 nitrogen and oxygen atoms in total. The molecule has 1 atom stereocenters. The molecular formula is C24H21F2N3O2. The number of halogens is 2. The highest BCUT2D eigenvalue weighted by atomic mass is 19.1. The van der Waals surface area contributed by atoms with Gasteiger partial charge in [-0.25, -0.2) is 9.37 Å². The van der Waals surface area contributed by atoms with Crippen LogP contribution in [-0.4, -0.2) is 15.9 Å². The summed E-state index contributed by atoms with van der Waals surface area (Å²) in [4.78, 5) is 21.2. The van der Waals surface area contributed by atoms with Crippen molar-refractivity contribution in [2.75, 3.05) is 0 Å². The first kappa shape index (κ1) is 19.6. The zero-order valence-corrected chi connectivity index (χ0v) is 16.8. The predicted octanol–water partition coefficient (Wildman–Crippen LogP) is 4.63. The lowest BCUT2D eigenvalue weighted by atomic mass is 9.92. The van der Waals surface area contributed by atoms with Crippen LogP contribution in [0, 0.1) is 11.8 Å². The van der Waals surface area contributed by atoms with Gasteiger partial charge in [-0.3, -0.25) is 9.78 Å². The Morgan fingerprint density at radius 1 is 1.06 bits per heavy atom. The third-order valence-electron chi connectivity index (χ3n) is 5.91. The summed E-state index contributed by atoms with van der Waals surface area (Å²) in [6.07, 6.45) is 5.46. The number of fused-ring (bicyclic) bond motifs is 1. The van der Waals surface area contributed by atoms with E-state index in [1.165, 1.54) is 36.5 Å². The fraction of sp³-hybridized carbons (Fsp3) is 0.292. The van der Waals surface area contributed by atoms with Crippen molar-refractivity contribution in [3.63, 3.8) is 0 Å². The van der Waals surface area contributed by atoms with Crippen LogP contribution in [-0.2, 0) is 12.0 Å². The van der Waals surface area contributed by atoms with Gasteiger partial charge >= 0.3 is 0 Å². The molecule has 158 valence electrons. The summed E-state index contributed by atoms with van der Waals surface area (Å²) in [5.74, 6) is -0.627. The van der Waals surface area contributed by atoms with Crippen molar-refractivity contribution in [3.05, 3.63) is 89.0 Å². The fourth-order valence-electron chi connectivity index (χ4n) is 4.06. The number of aryl methyl sites for hydroxylation is 1. The van der Waals surface area contributed by atoms with E-state index >= 15 is 0 Å². The largest absolute Gasteiger partial charge is 0.484 e. The highest BCUT2D eigenvalue weighted by molar-refractivity contribution is 5.95. The summed E-state index contributed by atoms with van der Waals surface area (Å²) in [6, 6.07) is 12.3. The van der Waals surface area contributed by atoms with Gasteiger partial charge in [-0.1, -0.05) is 6.07 Å². The Kier molecular flexibility index (Phi) is 4.88. The van der Waals surface area contributed by atoms with E-state index in [0.717, 1.165) is 49.1 Å². The van der Waals surface area contributed by atoms with Gasteiger partial charge in [0.25, 0.3) is 5.91 Å². The first-order valence-corrected chi connectivity index (χ1v) is 10.4. The fourth-order valence-corrected chi connectivity index (χ4v) is 4.06. The second kappa shape index (κ2) is 7.72. The van der Waals surface area contributed by atoms with Gasteiger partial charge in [0.15, 0.2) is 0 Å². The van der Waals surface area contributed by atoms with Crippen molar-refractivity contribution in [2.24, 2.45) is 0 Å². The van der Waals surface area contributed by atoms with Crippen LogP contribution in [0.2, 0.25) is 0 Å². The molecule has 2 aromatic heterocycles. The van der Waals surface area contributed by atoms with Crippen LogP contribution in [0.15, 0.2) is 54.7 Å². The molecule has 1 fully saturated rings. The molecule has 31 heavy (non-hydrogen) atoms. The number of hydrogen-bond donors (Lipinski definition) is 1. The molecule has 1 aromatic carbocycles. The minimum Gasteiger partial charge on any atom is -0.484 e. The van der Waals surface area contributed by atoms with Crippen molar-refractivity contribution in [2.45, 2.75) is 43.7 Å². The topological polar surface area (TPSA) is 64.1 Å². The van der Waals surface area contributed by atoms with Crippen molar-refractivity contribution < 1.29 is 18.3 Å². The Morgan fingerprint density at radius 3 is 2.58 bits per heavy atom. The molecule has 0 unspecified atom stereocenters. The lowest BCUT2D eigenvalue weighted by Crippen LogP contribution is -2.36. The van der Waals surface area contributed by atoms with Gasteiger partial charge in [0.05, 0.1) is 17.4 Å². The summed E-state index contributed by atoms with van der Waals surface area (Å²) < 4.78 is 32.2. The van der Waals surface area contributed by atoms with Crippen molar-refractivity contribution >= 4 is 5.91 Å². The van der Waals surface area contributed by atoms with E-state index in [-0.39, 0.29) is 17.8 Å². The van der Waals surface area contributed by atoms with E-state index in [1.807, 2.05) is 12.1 Å². The van der Waals surface area contributed by atoms with Crippen LogP contribution < -0.4 is 10.1 Å². The average molecular weight is 421 g/mol. The molecule has 5 rings (SSSR count). The molecule has 1 saturated carbocycles. The maximum atomic E-state index is 13.1. The van der Waals surface area contributed by atoms with Gasteiger partial charge in [-0.15, -0.1) is 0 Å². The number of hydrogen-bond acceptors (Lipinski definition) is 4. The number of rotatable bonds is 5. The van der Waals surface area contributed by atoms with Gasteiger partial charge in [-0.2, -0.15) is 4.39 Å². The van der Waals surface area contributed by atoms with Crippen molar-refractivity contribution in [1.29, 1.82) is 0 Å². The van der Waals surface area contributed by atoms with E-state index in [9.17, 15) is 13.6 Å². The minimum absolute atomic E-state index is 0.165. The molecule has 7 heteroatoms. The summed E-state index contributed by atoms with van der Waals surface area (Å²) in [7, 11) is 0. The number of ether oxygens (including phenoxy) is 1. The Labute approximate surface area is 178 Å². The number of carbonyl (C=O) groups excluding carboxylic acids is 1. The summed E-state index contributed by atoms with van der Waals surface area (Å²) in [6.45, 7) is 0. The number of benzene rings is 1. The van der Waals surface area contributed by atoms with E-state index in [1.54, 1.807) is 6.07 Å². The second-order valence-electron chi connectivity index (χ2n) is 8.09. The second-order valence-corrected chi connectivity index (χ2v) is 8.09. The number of aromatic nitrogens is 2. The van der Waals surface area contributed by atoms with Crippen LogP contribution in [0.25, 0.3) is 0 Å². The Morgan fingerprint density at radius 2 is 1.87 bits per heavy atom. The van der Waals surface area contributed by atoms with Crippen LogP contribution in [0.1, 0.15) is 59.1 Å². The molecule has 0 radical (unpaired) electrons. The van der Waals surface area contributed by atoms with Crippen molar-refractivity contribution in [3.8, 4) is 5.75 Å². The SMILES string of the molecule is O=C(NC1(c2ccc3c(n2)CCC[C@@H]3Oc2ccc(F)nc2)CC1)c1ccc(F)cc1. The number of nitrogens with one attached hydrogen (secondary N) is 1. The maximum absolute atomic E-state index is 13.1. The Hall–Kier alpha value is -3.35. The van der Waals surface area contributed by atoms with Crippen LogP contribution in [0.3, 0.4) is 0 Å². The average Bonchev–Trinajstić information content (AvgIpc) is 3.56. The number of amides is 1. The molecule has 3 aromatic rings. The molecule has 2 heterocycles. The van der Waals surface area contributed by atoms with Crippen LogP contribution in [0.5, 0.6) is 5.75 Å². The molecule has 2 aliphatic rings. The summed E-state index contributed by atoms with van der Waals surface area (Å²) in [5, 5.41) is 3.08. The standard InChI is InChI=1S/C24H21F2N3O2/c25-16-6-4-15(5-7-16)23(30)29-24(12-13-24)21-10-9-18-19(28-21)2-1-3-20(18)31-17-8-11-22(26)27-14-17/h4-11,14,20H,1-3,12-13H2,(H,29,30)/t20-/m0/s1. The van der Waals surface area contributed by atoms with Gasteiger partial charge in [0, 0.05) is 16.8 Å². The number of pyridine rings is 2. The number of nitrogens with zero attached hydrogens (tertiary/aromatic N) is 2. The van der Waals surface area contributed by atoms with Gasteiger partial charge < -0.3 is 10.1 Å². The van der Waals surface area contributed by atoms with Gasteiger partial charge in [0.1, 0.15) is 17.7 Å². The lowest BCUT2D eigenvalue weighted by Gasteiger charge is -2.27. The van der Waals surface area contributed by atoms with Crippen LogP contribution >= 0.6 is 0 Å². The molecule has 0 spiro atoms. The van der Waals surface area contributed by atoms with E-state index in [2.05, 4.69) is 10.3 Å². The predicted molar refractivity (Wildman–Crippen MR) is 110 cm³/mol. The first-order valence-electron chi connectivity index (χ1n) is 10.4. The zero-order chi connectivity index (χ0) is 21.4. The van der Waals surface area contributed by atoms with E-state index < -0.39 is 11.5 Å². The molecule has 0 bridgehead atoms. The maximum Gasteiger partial charge on any atom is 0.252 e. The highest BCUT2D eigenvalue weighted by Crippen LogP contribution is 2.46.